The van der Waals surface area contributed by atoms with Crippen LogP contribution in [-0.4, -0.2) is 12.6 Å². The standard InChI is InChI=1S/C11H16FNS/c1-8-5-7-14-11(8)10(12)9-4-2-3-6-13-9/h5,7,9-10,13H,2-4,6H2,1H3. The molecule has 0 saturated carbocycles. The van der Waals surface area contributed by atoms with Gasteiger partial charge in [-0.15, -0.1) is 11.3 Å². The van der Waals surface area contributed by atoms with E-state index in [2.05, 4.69) is 5.32 Å². The van der Waals surface area contributed by atoms with E-state index in [1.165, 1.54) is 17.8 Å². The Morgan fingerprint density at radius 1 is 1.57 bits per heavy atom. The molecule has 1 aromatic heterocycles. The fraction of sp³-hybridized carbons (Fsp3) is 0.636. The molecule has 1 N–H and O–H groups in total. The van der Waals surface area contributed by atoms with E-state index in [9.17, 15) is 4.39 Å². The highest BCUT2D eigenvalue weighted by Gasteiger charge is 2.26. The summed E-state index contributed by atoms with van der Waals surface area (Å²) in [6.07, 6.45) is 2.50. The summed E-state index contributed by atoms with van der Waals surface area (Å²) in [5.74, 6) is 0. The van der Waals surface area contributed by atoms with Crippen LogP contribution in [0.5, 0.6) is 0 Å². The second-order valence-corrected chi connectivity index (χ2v) is 4.87. The maximum absolute atomic E-state index is 14.1. The third-order valence-electron chi connectivity index (χ3n) is 2.85. The van der Waals surface area contributed by atoms with E-state index >= 15 is 0 Å². The summed E-state index contributed by atoms with van der Waals surface area (Å²) < 4.78 is 14.1. The normalized spacial score (nSPS) is 24.9. The second-order valence-electron chi connectivity index (χ2n) is 3.93. The highest BCUT2D eigenvalue weighted by atomic mass is 32.1. The highest BCUT2D eigenvalue weighted by Crippen LogP contribution is 2.32. The van der Waals surface area contributed by atoms with Gasteiger partial charge in [0, 0.05) is 10.9 Å². The zero-order chi connectivity index (χ0) is 9.97. The lowest BCUT2D eigenvalue weighted by Crippen LogP contribution is -2.37. The molecule has 1 aromatic rings. The van der Waals surface area contributed by atoms with Gasteiger partial charge in [0.15, 0.2) is 0 Å². The number of thiophene rings is 1. The van der Waals surface area contributed by atoms with E-state index in [0.29, 0.717) is 0 Å². The predicted molar refractivity (Wildman–Crippen MR) is 58.5 cm³/mol. The van der Waals surface area contributed by atoms with Crippen molar-refractivity contribution in [3.63, 3.8) is 0 Å². The smallest absolute Gasteiger partial charge is 0.150 e. The average Bonchev–Trinajstić information content (AvgIpc) is 2.65. The van der Waals surface area contributed by atoms with Gasteiger partial charge in [-0.3, -0.25) is 0 Å². The quantitative estimate of drug-likeness (QED) is 0.795. The summed E-state index contributed by atoms with van der Waals surface area (Å²) in [6.45, 7) is 2.96. The number of halogens is 1. The Kier molecular flexibility index (Phi) is 3.19. The van der Waals surface area contributed by atoms with Gasteiger partial charge in [-0.05, 0) is 43.3 Å². The van der Waals surface area contributed by atoms with E-state index < -0.39 is 6.17 Å². The van der Waals surface area contributed by atoms with E-state index in [4.69, 9.17) is 0 Å². The molecule has 1 saturated heterocycles. The number of nitrogens with one attached hydrogen (secondary N) is 1. The summed E-state index contributed by atoms with van der Waals surface area (Å²) in [4.78, 5) is 0.907. The topological polar surface area (TPSA) is 12.0 Å². The molecule has 0 bridgehead atoms. The zero-order valence-corrected chi connectivity index (χ0v) is 9.24. The van der Waals surface area contributed by atoms with Crippen LogP contribution in [0.2, 0.25) is 0 Å². The summed E-state index contributed by atoms with van der Waals surface area (Å²) in [5.41, 5.74) is 1.09. The molecular formula is C11H16FNS. The van der Waals surface area contributed by atoms with E-state index in [-0.39, 0.29) is 6.04 Å². The summed E-state index contributed by atoms with van der Waals surface area (Å²) in [6, 6.07) is 2.04. The van der Waals surface area contributed by atoms with Crippen molar-refractivity contribution in [2.45, 2.75) is 38.4 Å². The molecule has 0 aliphatic carbocycles. The molecule has 0 amide bonds. The van der Waals surface area contributed by atoms with Gasteiger partial charge in [0.05, 0.1) is 0 Å². The Morgan fingerprint density at radius 3 is 3.00 bits per heavy atom. The average molecular weight is 213 g/mol. The van der Waals surface area contributed by atoms with Crippen LogP contribution < -0.4 is 5.32 Å². The Balaban J connectivity index is 2.07. The molecule has 1 aliphatic heterocycles. The molecule has 78 valence electrons. The van der Waals surface area contributed by atoms with Crippen LogP contribution in [-0.2, 0) is 0 Å². The van der Waals surface area contributed by atoms with Crippen molar-refractivity contribution in [1.82, 2.24) is 5.32 Å². The maximum atomic E-state index is 14.1. The molecule has 0 spiro atoms. The SMILES string of the molecule is Cc1ccsc1C(F)C1CCCCN1. The molecule has 1 aliphatic rings. The predicted octanol–water partition coefficient (Wildman–Crippen LogP) is 3.21. The minimum atomic E-state index is -0.810. The number of rotatable bonds is 2. The first-order valence-electron chi connectivity index (χ1n) is 5.20. The minimum Gasteiger partial charge on any atom is -0.311 e. The third-order valence-corrected chi connectivity index (χ3v) is 3.93. The van der Waals surface area contributed by atoms with Gasteiger partial charge in [-0.2, -0.15) is 0 Å². The van der Waals surface area contributed by atoms with Crippen LogP contribution in [0.25, 0.3) is 0 Å². The molecule has 0 radical (unpaired) electrons. The first-order valence-corrected chi connectivity index (χ1v) is 6.08. The van der Waals surface area contributed by atoms with E-state index in [0.717, 1.165) is 29.8 Å². The number of hydrogen-bond donors (Lipinski definition) is 1. The van der Waals surface area contributed by atoms with Crippen LogP contribution in [0.15, 0.2) is 11.4 Å². The van der Waals surface area contributed by atoms with Crippen LogP contribution >= 0.6 is 11.3 Å². The molecular weight excluding hydrogens is 197 g/mol. The first-order chi connectivity index (χ1) is 6.79. The Morgan fingerprint density at radius 2 is 2.43 bits per heavy atom. The van der Waals surface area contributed by atoms with Crippen molar-refractivity contribution in [3.05, 3.63) is 21.9 Å². The van der Waals surface area contributed by atoms with Gasteiger partial charge >= 0.3 is 0 Å². The number of alkyl halides is 1. The van der Waals surface area contributed by atoms with E-state index in [1.807, 2.05) is 18.4 Å². The van der Waals surface area contributed by atoms with E-state index in [1.54, 1.807) is 0 Å². The fourth-order valence-corrected chi connectivity index (χ4v) is 2.95. The third kappa shape index (κ3) is 1.98. The lowest BCUT2D eigenvalue weighted by Gasteiger charge is -2.26. The maximum Gasteiger partial charge on any atom is 0.150 e. The molecule has 1 nitrogen and oxygen atoms in total. The summed E-state index contributed by atoms with van der Waals surface area (Å²) in [7, 11) is 0. The van der Waals surface area contributed by atoms with Crippen LogP contribution in [0.1, 0.15) is 35.9 Å². The first kappa shape index (κ1) is 10.1. The number of aryl methyl sites for hydroxylation is 1. The van der Waals surface area contributed by atoms with Gasteiger partial charge in [0.1, 0.15) is 6.17 Å². The van der Waals surface area contributed by atoms with Crippen molar-refractivity contribution >= 4 is 11.3 Å². The Bertz CT molecular complexity index is 291. The van der Waals surface area contributed by atoms with Gasteiger partial charge in [0.25, 0.3) is 0 Å². The van der Waals surface area contributed by atoms with Crippen LogP contribution in [0, 0.1) is 6.92 Å². The number of hydrogen-bond acceptors (Lipinski definition) is 2. The van der Waals surface area contributed by atoms with Crippen molar-refractivity contribution in [2.75, 3.05) is 6.54 Å². The molecule has 2 atom stereocenters. The zero-order valence-electron chi connectivity index (χ0n) is 8.42. The largest absolute Gasteiger partial charge is 0.311 e. The van der Waals surface area contributed by atoms with Crippen molar-refractivity contribution in [3.8, 4) is 0 Å². The molecule has 0 aromatic carbocycles. The van der Waals surface area contributed by atoms with Crippen molar-refractivity contribution in [2.24, 2.45) is 0 Å². The molecule has 2 heterocycles. The monoisotopic (exact) mass is 213 g/mol. The van der Waals surface area contributed by atoms with Gasteiger partial charge in [-0.1, -0.05) is 6.42 Å². The highest BCUT2D eigenvalue weighted by molar-refractivity contribution is 7.10. The fourth-order valence-electron chi connectivity index (χ4n) is 1.98. The number of piperidine rings is 1. The minimum absolute atomic E-state index is 0.0427. The van der Waals surface area contributed by atoms with Gasteiger partial charge < -0.3 is 5.32 Å². The molecule has 1 fully saturated rings. The van der Waals surface area contributed by atoms with Crippen molar-refractivity contribution in [1.29, 1.82) is 0 Å². The molecule has 2 unspecified atom stereocenters. The van der Waals surface area contributed by atoms with Crippen LogP contribution in [0.4, 0.5) is 4.39 Å². The van der Waals surface area contributed by atoms with Gasteiger partial charge in [0.2, 0.25) is 0 Å². The molecule has 3 heteroatoms. The van der Waals surface area contributed by atoms with Crippen molar-refractivity contribution < 1.29 is 4.39 Å². The Labute approximate surface area is 88.3 Å². The summed E-state index contributed by atoms with van der Waals surface area (Å²) >= 11 is 1.54. The lowest BCUT2D eigenvalue weighted by atomic mass is 9.99. The summed E-state index contributed by atoms with van der Waals surface area (Å²) in [5, 5.41) is 5.24. The lowest BCUT2D eigenvalue weighted by molar-refractivity contribution is 0.224. The van der Waals surface area contributed by atoms with Gasteiger partial charge in [-0.25, -0.2) is 4.39 Å². The Hall–Kier alpha value is -0.410. The molecule has 14 heavy (non-hydrogen) atoms. The molecule has 2 rings (SSSR count). The second kappa shape index (κ2) is 4.41. The van der Waals surface area contributed by atoms with Crippen LogP contribution in [0.3, 0.4) is 0 Å².